The highest BCUT2D eigenvalue weighted by molar-refractivity contribution is 5.49. The van der Waals surface area contributed by atoms with Crippen LogP contribution in [0.3, 0.4) is 0 Å². The van der Waals surface area contributed by atoms with Gasteiger partial charge in [-0.1, -0.05) is 6.07 Å². The third-order valence-electron chi connectivity index (χ3n) is 2.62. The average Bonchev–Trinajstić information content (AvgIpc) is 3.20. The van der Waals surface area contributed by atoms with Crippen LogP contribution in [0.2, 0.25) is 0 Å². The van der Waals surface area contributed by atoms with Crippen molar-refractivity contribution in [1.82, 2.24) is 0 Å². The molecule has 0 amide bonds. The molecule has 17 heavy (non-hydrogen) atoms. The van der Waals surface area contributed by atoms with Gasteiger partial charge in [0.2, 0.25) is 5.75 Å². The van der Waals surface area contributed by atoms with Crippen molar-refractivity contribution in [3.05, 3.63) is 18.2 Å². The van der Waals surface area contributed by atoms with Crippen LogP contribution in [0.5, 0.6) is 17.2 Å². The van der Waals surface area contributed by atoms with Gasteiger partial charge in [-0.3, -0.25) is 0 Å². The number of epoxide rings is 2. The summed E-state index contributed by atoms with van der Waals surface area (Å²) in [5, 5.41) is 9.92. The van der Waals surface area contributed by atoms with Crippen molar-refractivity contribution < 1.29 is 24.1 Å². The topological polar surface area (TPSA) is 63.8 Å². The number of hydrogen-bond donors (Lipinski definition) is 1. The summed E-state index contributed by atoms with van der Waals surface area (Å²) in [6, 6.07) is 5.20. The van der Waals surface area contributed by atoms with Gasteiger partial charge in [0.05, 0.1) is 13.2 Å². The zero-order chi connectivity index (χ0) is 11.7. The molecule has 5 nitrogen and oxygen atoms in total. The van der Waals surface area contributed by atoms with Crippen LogP contribution in [0.4, 0.5) is 0 Å². The van der Waals surface area contributed by atoms with Crippen molar-refractivity contribution >= 4 is 0 Å². The lowest BCUT2D eigenvalue weighted by atomic mass is 10.3. The molecule has 2 saturated heterocycles. The van der Waals surface area contributed by atoms with Gasteiger partial charge >= 0.3 is 0 Å². The van der Waals surface area contributed by atoms with Crippen molar-refractivity contribution in [2.75, 3.05) is 26.4 Å². The minimum absolute atomic E-state index is 0.0359. The molecule has 92 valence electrons. The van der Waals surface area contributed by atoms with E-state index in [0.29, 0.717) is 24.7 Å². The van der Waals surface area contributed by atoms with E-state index in [4.69, 9.17) is 18.9 Å². The summed E-state index contributed by atoms with van der Waals surface area (Å²) in [5.74, 6) is 0.887. The quantitative estimate of drug-likeness (QED) is 0.747. The second-order valence-electron chi connectivity index (χ2n) is 4.14. The molecule has 0 aromatic heterocycles. The number of phenolic OH excluding ortho intramolecular Hbond substituents is 1. The molecule has 5 heteroatoms. The van der Waals surface area contributed by atoms with Crippen LogP contribution in [-0.4, -0.2) is 43.7 Å². The fraction of sp³-hybridized carbons (Fsp3) is 0.500. The number of aromatic hydroxyl groups is 1. The van der Waals surface area contributed by atoms with Crippen LogP contribution in [0.25, 0.3) is 0 Å². The highest BCUT2D eigenvalue weighted by atomic mass is 16.6. The summed E-state index contributed by atoms with van der Waals surface area (Å²) in [7, 11) is 0. The first-order valence-corrected chi connectivity index (χ1v) is 5.63. The summed E-state index contributed by atoms with van der Waals surface area (Å²) < 4.78 is 20.9. The highest BCUT2D eigenvalue weighted by Crippen LogP contribution is 2.36. The standard InChI is InChI=1S/C12H14O5/c13-12-10(16-6-8-4-14-8)2-1-3-11(12)17-7-9-5-15-9/h1-3,8-9,13H,4-7H2. The Balaban J connectivity index is 1.62. The first kappa shape index (κ1) is 10.7. The molecule has 1 aromatic carbocycles. The lowest BCUT2D eigenvalue weighted by Crippen LogP contribution is -2.06. The number of rotatable bonds is 6. The molecule has 0 aliphatic carbocycles. The molecule has 1 aromatic rings. The number of benzene rings is 1. The molecular formula is C12H14O5. The third kappa shape index (κ3) is 2.81. The summed E-state index contributed by atoms with van der Waals surface area (Å²) in [5.41, 5.74) is 0. The Morgan fingerprint density at radius 1 is 1.06 bits per heavy atom. The van der Waals surface area contributed by atoms with Crippen molar-refractivity contribution in [2.45, 2.75) is 12.2 Å². The molecule has 2 aliphatic heterocycles. The number of hydrogen-bond acceptors (Lipinski definition) is 5. The van der Waals surface area contributed by atoms with Crippen LogP contribution in [0, 0.1) is 0 Å². The molecule has 2 aliphatic rings. The first-order valence-electron chi connectivity index (χ1n) is 5.63. The van der Waals surface area contributed by atoms with E-state index >= 15 is 0 Å². The Labute approximate surface area is 98.9 Å². The maximum atomic E-state index is 9.92. The zero-order valence-electron chi connectivity index (χ0n) is 9.30. The summed E-state index contributed by atoms with van der Waals surface area (Å²) in [6.07, 6.45) is 0.331. The maximum Gasteiger partial charge on any atom is 0.200 e. The SMILES string of the molecule is Oc1c(OCC2CO2)cccc1OCC1CO1. The first-order chi connectivity index (χ1) is 8.33. The van der Waals surface area contributed by atoms with Gasteiger partial charge in [-0.05, 0) is 12.1 Å². The van der Waals surface area contributed by atoms with Gasteiger partial charge in [0, 0.05) is 0 Å². The van der Waals surface area contributed by atoms with Crippen molar-refractivity contribution in [3.63, 3.8) is 0 Å². The minimum atomic E-state index is 0.0359. The van der Waals surface area contributed by atoms with E-state index in [0.717, 1.165) is 13.2 Å². The van der Waals surface area contributed by atoms with Gasteiger partial charge in [0.1, 0.15) is 25.4 Å². The molecular weight excluding hydrogens is 224 g/mol. The van der Waals surface area contributed by atoms with E-state index in [1.54, 1.807) is 18.2 Å². The second kappa shape index (κ2) is 4.43. The molecule has 0 bridgehead atoms. The second-order valence-corrected chi connectivity index (χ2v) is 4.14. The van der Waals surface area contributed by atoms with E-state index in [9.17, 15) is 5.11 Å². The van der Waals surface area contributed by atoms with Gasteiger partial charge < -0.3 is 24.1 Å². The molecule has 2 heterocycles. The fourth-order valence-electron chi connectivity index (χ4n) is 1.43. The number of ether oxygens (including phenoxy) is 4. The third-order valence-corrected chi connectivity index (χ3v) is 2.62. The van der Waals surface area contributed by atoms with E-state index in [1.807, 2.05) is 0 Å². The number of para-hydroxylation sites is 1. The monoisotopic (exact) mass is 238 g/mol. The maximum absolute atomic E-state index is 9.92. The molecule has 2 unspecified atom stereocenters. The molecule has 0 radical (unpaired) electrons. The Morgan fingerprint density at radius 2 is 1.53 bits per heavy atom. The fourth-order valence-corrected chi connectivity index (χ4v) is 1.43. The van der Waals surface area contributed by atoms with Crippen LogP contribution in [-0.2, 0) is 9.47 Å². The van der Waals surface area contributed by atoms with E-state index in [2.05, 4.69) is 0 Å². The van der Waals surface area contributed by atoms with Crippen LogP contribution >= 0.6 is 0 Å². The molecule has 2 fully saturated rings. The van der Waals surface area contributed by atoms with Crippen molar-refractivity contribution in [1.29, 1.82) is 0 Å². The lowest BCUT2D eigenvalue weighted by Gasteiger charge is -2.11. The van der Waals surface area contributed by atoms with Crippen LogP contribution in [0.15, 0.2) is 18.2 Å². The molecule has 1 N–H and O–H groups in total. The summed E-state index contributed by atoms with van der Waals surface area (Å²) in [6.45, 7) is 2.39. The predicted molar refractivity (Wildman–Crippen MR) is 58.6 cm³/mol. The summed E-state index contributed by atoms with van der Waals surface area (Å²) in [4.78, 5) is 0. The van der Waals surface area contributed by atoms with E-state index in [-0.39, 0.29) is 18.0 Å². The predicted octanol–water partition coefficient (Wildman–Crippen LogP) is 0.947. The normalized spacial score (nSPS) is 25.4. The van der Waals surface area contributed by atoms with E-state index < -0.39 is 0 Å². The van der Waals surface area contributed by atoms with Crippen LogP contribution in [0.1, 0.15) is 0 Å². The Bertz CT molecular complexity index is 364. The van der Waals surface area contributed by atoms with Gasteiger partial charge in [0.25, 0.3) is 0 Å². The van der Waals surface area contributed by atoms with E-state index in [1.165, 1.54) is 0 Å². The average molecular weight is 238 g/mol. The minimum Gasteiger partial charge on any atom is -0.502 e. The van der Waals surface area contributed by atoms with Crippen LogP contribution < -0.4 is 9.47 Å². The zero-order valence-corrected chi connectivity index (χ0v) is 9.30. The molecule has 0 spiro atoms. The van der Waals surface area contributed by atoms with Gasteiger partial charge in [-0.2, -0.15) is 0 Å². The van der Waals surface area contributed by atoms with Crippen molar-refractivity contribution in [2.24, 2.45) is 0 Å². The Hall–Kier alpha value is -1.46. The smallest absolute Gasteiger partial charge is 0.200 e. The summed E-state index contributed by atoms with van der Waals surface area (Å²) >= 11 is 0. The highest BCUT2D eigenvalue weighted by Gasteiger charge is 2.25. The largest absolute Gasteiger partial charge is 0.502 e. The van der Waals surface area contributed by atoms with Crippen molar-refractivity contribution in [3.8, 4) is 17.2 Å². The molecule has 3 rings (SSSR count). The Kier molecular flexibility index (Phi) is 2.78. The van der Waals surface area contributed by atoms with Gasteiger partial charge in [-0.25, -0.2) is 0 Å². The Morgan fingerprint density at radius 3 is 1.94 bits per heavy atom. The number of phenols is 1. The molecule has 2 atom stereocenters. The lowest BCUT2D eigenvalue weighted by molar-refractivity contribution is 0.236. The molecule has 0 saturated carbocycles. The van der Waals surface area contributed by atoms with Gasteiger partial charge in [0.15, 0.2) is 11.5 Å². The van der Waals surface area contributed by atoms with Gasteiger partial charge in [-0.15, -0.1) is 0 Å².